The highest BCUT2D eigenvalue weighted by atomic mass is 35.5. The Morgan fingerprint density at radius 3 is 2.50 bits per heavy atom. The lowest BCUT2D eigenvalue weighted by Crippen LogP contribution is -2.34. The smallest absolute Gasteiger partial charge is 0.245 e. The molecule has 0 aliphatic carbocycles. The Balaban J connectivity index is 2.09. The number of carbonyl (C=O) groups is 1. The molecule has 0 saturated heterocycles. The van der Waals surface area contributed by atoms with Crippen LogP contribution in [0.25, 0.3) is 11.0 Å². The van der Waals surface area contributed by atoms with Gasteiger partial charge < -0.3 is 9.47 Å². The third kappa shape index (κ3) is 4.15. The van der Waals surface area contributed by atoms with E-state index in [1.807, 2.05) is 18.4 Å². The summed E-state index contributed by atoms with van der Waals surface area (Å²) in [6.07, 6.45) is 1.34. The van der Waals surface area contributed by atoms with Crippen molar-refractivity contribution in [2.45, 2.75) is 32.7 Å². The number of likely N-dealkylation sites (N-methyl/N-ethyl adjacent to an activating group) is 1. The van der Waals surface area contributed by atoms with Crippen molar-refractivity contribution in [3.8, 4) is 0 Å². The van der Waals surface area contributed by atoms with E-state index in [2.05, 4.69) is 0 Å². The van der Waals surface area contributed by atoms with E-state index in [-0.39, 0.29) is 11.7 Å². The Morgan fingerprint density at radius 2 is 1.86 bits per heavy atom. The molecule has 3 rings (SSSR count). The van der Waals surface area contributed by atoms with Crippen LogP contribution in [-0.4, -0.2) is 34.0 Å². The molecule has 0 radical (unpaired) electrons. The highest BCUT2D eigenvalue weighted by Crippen LogP contribution is 2.31. The normalized spacial score (nSPS) is 12.4. The number of hydrogen-bond donors (Lipinski definition) is 0. The number of benzene rings is 2. The molecule has 7 heteroatoms. The number of hydrogen-bond acceptors (Lipinski definition) is 2. The van der Waals surface area contributed by atoms with Gasteiger partial charge in [0, 0.05) is 20.0 Å². The van der Waals surface area contributed by atoms with Gasteiger partial charge in [0.2, 0.25) is 5.91 Å². The van der Waals surface area contributed by atoms with Gasteiger partial charge in [-0.3, -0.25) is 4.79 Å². The van der Waals surface area contributed by atoms with Gasteiger partial charge in [0.05, 0.1) is 21.1 Å². The molecule has 0 spiro atoms. The van der Waals surface area contributed by atoms with Crippen LogP contribution >= 0.6 is 23.2 Å². The summed E-state index contributed by atoms with van der Waals surface area (Å²) in [5.74, 6) is 0.402. The van der Waals surface area contributed by atoms with Crippen molar-refractivity contribution >= 4 is 40.1 Å². The summed E-state index contributed by atoms with van der Waals surface area (Å²) in [6, 6.07) is 9.25. The maximum atomic E-state index is 13.3. The molecule has 1 aromatic heterocycles. The van der Waals surface area contributed by atoms with E-state index in [9.17, 15) is 9.18 Å². The standard InChI is InChI=1S/C21H22Cl2FN3O/c1-4-9-26(3)21(28)13(2)27-19-12-17(23)16(22)11-18(19)25-20(27)10-14-5-7-15(24)8-6-14/h5-8,11-13H,4,9-10H2,1-3H3/t13-/m0/s1. The van der Waals surface area contributed by atoms with Crippen molar-refractivity contribution in [2.24, 2.45) is 0 Å². The fourth-order valence-electron chi connectivity index (χ4n) is 3.36. The summed E-state index contributed by atoms with van der Waals surface area (Å²) < 4.78 is 15.2. The van der Waals surface area contributed by atoms with Gasteiger partial charge in [-0.05, 0) is 43.2 Å². The highest BCUT2D eigenvalue weighted by Gasteiger charge is 2.24. The van der Waals surface area contributed by atoms with Crippen molar-refractivity contribution < 1.29 is 9.18 Å². The number of halogens is 3. The van der Waals surface area contributed by atoms with E-state index < -0.39 is 6.04 Å². The SMILES string of the molecule is CCCN(C)C(=O)[C@H](C)n1c(Cc2ccc(F)cc2)nc2cc(Cl)c(Cl)cc21. The molecule has 1 heterocycles. The summed E-state index contributed by atoms with van der Waals surface area (Å²) >= 11 is 12.4. The van der Waals surface area contributed by atoms with Crippen LogP contribution in [0.4, 0.5) is 4.39 Å². The van der Waals surface area contributed by atoms with Crippen molar-refractivity contribution in [1.29, 1.82) is 0 Å². The monoisotopic (exact) mass is 421 g/mol. The van der Waals surface area contributed by atoms with Crippen LogP contribution in [0.5, 0.6) is 0 Å². The Bertz CT molecular complexity index is 1000. The first kappa shape index (κ1) is 20.6. The van der Waals surface area contributed by atoms with Crippen LogP contribution in [0.1, 0.15) is 37.7 Å². The second-order valence-corrected chi connectivity index (χ2v) is 7.71. The van der Waals surface area contributed by atoms with Crippen LogP contribution in [0.2, 0.25) is 10.0 Å². The van der Waals surface area contributed by atoms with Gasteiger partial charge in [-0.1, -0.05) is 42.3 Å². The molecule has 28 heavy (non-hydrogen) atoms. The summed E-state index contributed by atoms with van der Waals surface area (Å²) in [6.45, 7) is 4.56. The minimum absolute atomic E-state index is 0.00687. The second-order valence-electron chi connectivity index (χ2n) is 6.89. The Kier molecular flexibility index (Phi) is 6.26. The van der Waals surface area contributed by atoms with Crippen molar-refractivity contribution in [3.05, 3.63) is 63.6 Å². The van der Waals surface area contributed by atoms with Crippen LogP contribution in [0.15, 0.2) is 36.4 Å². The number of amides is 1. The molecule has 4 nitrogen and oxygen atoms in total. The lowest BCUT2D eigenvalue weighted by atomic mass is 10.1. The summed E-state index contributed by atoms with van der Waals surface area (Å²) in [7, 11) is 1.80. The first-order valence-corrected chi connectivity index (χ1v) is 9.92. The minimum atomic E-state index is -0.464. The number of rotatable bonds is 6. The molecule has 0 unspecified atom stereocenters. The van der Waals surface area contributed by atoms with Gasteiger partial charge in [0.15, 0.2) is 0 Å². The van der Waals surface area contributed by atoms with Crippen LogP contribution in [0, 0.1) is 5.82 Å². The first-order valence-electron chi connectivity index (χ1n) is 9.17. The van der Waals surface area contributed by atoms with E-state index in [0.29, 0.717) is 34.4 Å². The molecule has 3 aromatic rings. The molecule has 0 N–H and O–H groups in total. The average Bonchev–Trinajstić information content (AvgIpc) is 2.99. The van der Waals surface area contributed by atoms with Crippen LogP contribution < -0.4 is 0 Å². The van der Waals surface area contributed by atoms with E-state index in [4.69, 9.17) is 28.2 Å². The van der Waals surface area contributed by atoms with Gasteiger partial charge in [-0.2, -0.15) is 0 Å². The summed E-state index contributed by atoms with van der Waals surface area (Å²) in [5, 5.41) is 0.819. The van der Waals surface area contributed by atoms with E-state index in [1.165, 1.54) is 12.1 Å². The number of nitrogens with zero attached hydrogens (tertiary/aromatic N) is 3. The topological polar surface area (TPSA) is 38.1 Å². The number of carbonyl (C=O) groups excluding carboxylic acids is 1. The van der Waals surface area contributed by atoms with Crippen LogP contribution in [0.3, 0.4) is 0 Å². The quantitative estimate of drug-likeness (QED) is 0.526. The zero-order chi connectivity index (χ0) is 20.4. The Labute approximate surface area is 173 Å². The predicted octanol–water partition coefficient (Wildman–Crippen LogP) is 5.50. The molecule has 0 fully saturated rings. The van der Waals surface area contributed by atoms with Gasteiger partial charge in [0.25, 0.3) is 0 Å². The molecule has 1 amide bonds. The van der Waals surface area contributed by atoms with Crippen molar-refractivity contribution in [1.82, 2.24) is 14.5 Å². The molecule has 0 saturated carbocycles. The maximum absolute atomic E-state index is 13.3. The average molecular weight is 422 g/mol. The number of imidazole rings is 1. The predicted molar refractivity (Wildman–Crippen MR) is 112 cm³/mol. The molecule has 0 aliphatic heterocycles. The fraction of sp³-hybridized carbons (Fsp3) is 0.333. The summed E-state index contributed by atoms with van der Waals surface area (Å²) in [5.41, 5.74) is 2.32. The molecular weight excluding hydrogens is 400 g/mol. The molecule has 2 aromatic carbocycles. The molecule has 148 valence electrons. The van der Waals surface area contributed by atoms with E-state index >= 15 is 0 Å². The van der Waals surface area contributed by atoms with E-state index in [0.717, 1.165) is 17.5 Å². The second kappa shape index (κ2) is 8.50. The zero-order valence-electron chi connectivity index (χ0n) is 16.0. The highest BCUT2D eigenvalue weighted by molar-refractivity contribution is 6.42. The molecule has 0 aliphatic rings. The summed E-state index contributed by atoms with van der Waals surface area (Å²) in [4.78, 5) is 19.4. The fourth-order valence-corrected chi connectivity index (χ4v) is 3.67. The van der Waals surface area contributed by atoms with Crippen LogP contribution in [-0.2, 0) is 11.2 Å². The molecular formula is C21H22Cl2FN3O. The van der Waals surface area contributed by atoms with Gasteiger partial charge in [-0.15, -0.1) is 0 Å². The minimum Gasteiger partial charge on any atom is -0.344 e. The third-order valence-corrected chi connectivity index (χ3v) is 5.48. The zero-order valence-corrected chi connectivity index (χ0v) is 17.6. The van der Waals surface area contributed by atoms with E-state index in [1.54, 1.807) is 36.2 Å². The van der Waals surface area contributed by atoms with Gasteiger partial charge >= 0.3 is 0 Å². The Hall–Kier alpha value is -2.11. The molecule has 1 atom stereocenters. The number of aromatic nitrogens is 2. The van der Waals surface area contributed by atoms with Crippen molar-refractivity contribution in [2.75, 3.05) is 13.6 Å². The lowest BCUT2D eigenvalue weighted by Gasteiger charge is -2.23. The van der Waals surface area contributed by atoms with Gasteiger partial charge in [-0.25, -0.2) is 9.37 Å². The lowest BCUT2D eigenvalue weighted by molar-refractivity contribution is -0.132. The first-order chi connectivity index (χ1) is 13.3. The molecule has 0 bridgehead atoms. The Morgan fingerprint density at radius 1 is 1.21 bits per heavy atom. The van der Waals surface area contributed by atoms with Gasteiger partial charge in [0.1, 0.15) is 17.7 Å². The maximum Gasteiger partial charge on any atom is 0.245 e. The largest absolute Gasteiger partial charge is 0.344 e. The third-order valence-electron chi connectivity index (χ3n) is 4.76. The number of fused-ring (bicyclic) bond motifs is 1. The van der Waals surface area contributed by atoms with Crippen molar-refractivity contribution in [3.63, 3.8) is 0 Å².